The molecule has 0 heterocycles. The summed E-state index contributed by atoms with van der Waals surface area (Å²) in [6.07, 6.45) is 11.9. The van der Waals surface area contributed by atoms with E-state index in [1.54, 1.807) is 0 Å². The van der Waals surface area contributed by atoms with Crippen molar-refractivity contribution in [1.29, 1.82) is 0 Å². The maximum absolute atomic E-state index is 9.65. The Morgan fingerprint density at radius 3 is 2.06 bits per heavy atom. The topological polar surface area (TPSA) is 32.3 Å². The molecule has 1 saturated carbocycles. The van der Waals surface area contributed by atoms with E-state index in [1.807, 2.05) is 0 Å². The van der Waals surface area contributed by atoms with E-state index >= 15 is 0 Å². The van der Waals surface area contributed by atoms with E-state index in [4.69, 9.17) is 0 Å². The Bertz CT molecular complexity index is 215. The van der Waals surface area contributed by atoms with Crippen LogP contribution in [0.4, 0.5) is 0 Å². The molecule has 1 aliphatic carbocycles. The van der Waals surface area contributed by atoms with E-state index < -0.39 is 0 Å². The van der Waals surface area contributed by atoms with E-state index in [0.717, 1.165) is 13.0 Å². The van der Waals surface area contributed by atoms with Gasteiger partial charge in [0, 0.05) is 11.5 Å². The van der Waals surface area contributed by atoms with E-state index in [-0.39, 0.29) is 11.5 Å². The van der Waals surface area contributed by atoms with Crippen molar-refractivity contribution in [3.05, 3.63) is 0 Å². The molecule has 2 heteroatoms. The fourth-order valence-electron chi connectivity index (χ4n) is 2.78. The first-order chi connectivity index (χ1) is 8.59. The van der Waals surface area contributed by atoms with E-state index in [1.165, 1.54) is 51.4 Å². The molecule has 0 aromatic heterocycles. The molecule has 2 atom stereocenters. The molecule has 0 aliphatic heterocycles. The zero-order valence-corrected chi connectivity index (χ0v) is 12.7. The Morgan fingerprint density at radius 1 is 1.00 bits per heavy atom. The third-order valence-corrected chi connectivity index (χ3v) is 4.64. The molecule has 0 aromatic rings. The van der Waals surface area contributed by atoms with Crippen LogP contribution in [0.15, 0.2) is 0 Å². The SMILES string of the molecule is CCCCCCCCCCNC1CC(O)C1(C)C. The molecule has 1 rings (SSSR count). The van der Waals surface area contributed by atoms with Gasteiger partial charge in [0.1, 0.15) is 0 Å². The first-order valence-electron chi connectivity index (χ1n) is 8.00. The molecule has 18 heavy (non-hydrogen) atoms. The van der Waals surface area contributed by atoms with Crippen LogP contribution < -0.4 is 5.32 Å². The van der Waals surface area contributed by atoms with Gasteiger partial charge in [-0.1, -0.05) is 65.7 Å². The van der Waals surface area contributed by atoms with Crippen molar-refractivity contribution in [3.63, 3.8) is 0 Å². The fourth-order valence-corrected chi connectivity index (χ4v) is 2.78. The van der Waals surface area contributed by atoms with Crippen LogP contribution in [0.2, 0.25) is 0 Å². The fraction of sp³-hybridized carbons (Fsp3) is 1.00. The predicted molar refractivity (Wildman–Crippen MR) is 78.8 cm³/mol. The van der Waals surface area contributed by atoms with Crippen molar-refractivity contribution in [1.82, 2.24) is 5.32 Å². The summed E-state index contributed by atoms with van der Waals surface area (Å²) >= 11 is 0. The zero-order chi connectivity index (χ0) is 13.4. The molecular formula is C16H33NO. The van der Waals surface area contributed by atoms with Gasteiger partial charge in [-0.15, -0.1) is 0 Å². The second-order valence-corrected chi connectivity index (χ2v) is 6.55. The van der Waals surface area contributed by atoms with E-state index in [2.05, 4.69) is 26.1 Å². The molecule has 0 spiro atoms. The van der Waals surface area contributed by atoms with Crippen molar-refractivity contribution in [2.45, 2.75) is 90.7 Å². The summed E-state index contributed by atoms with van der Waals surface area (Å²) in [6, 6.07) is 0.525. The molecule has 1 fully saturated rings. The smallest absolute Gasteiger partial charge is 0.0621 e. The van der Waals surface area contributed by atoms with Crippen LogP contribution in [0.3, 0.4) is 0 Å². The number of rotatable bonds is 10. The lowest BCUT2D eigenvalue weighted by molar-refractivity contribution is -0.0722. The van der Waals surface area contributed by atoms with Crippen LogP contribution in [0, 0.1) is 5.41 Å². The first-order valence-corrected chi connectivity index (χ1v) is 8.00. The minimum absolute atomic E-state index is 0.0835. The van der Waals surface area contributed by atoms with Gasteiger partial charge in [0.25, 0.3) is 0 Å². The standard InChI is InChI=1S/C16H33NO/c1-4-5-6-7-8-9-10-11-12-17-14-13-15(18)16(14,2)3/h14-15,17-18H,4-13H2,1-3H3. The van der Waals surface area contributed by atoms with Gasteiger partial charge < -0.3 is 10.4 Å². The third-order valence-electron chi connectivity index (χ3n) is 4.64. The molecule has 2 unspecified atom stereocenters. The maximum Gasteiger partial charge on any atom is 0.0621 e. The summed E-state index contributed by atoms with van der Waals surface area (Å²) in [7, 11) is 0. The van der Waals surface area contributed by atoms with Gasteiger partial charge in [-0.05, 0) is 19.4 Å². The zero-order valence-electron chi connectivity index (χ0n) is 12.7. The molecule has 0 saturated heterocycles. The van der Waals surface area contributed by atoms with E-state index in [0.29, 0.717) is 6.04 Å². The molecule has 2 N–H and O–H groups in total. The van der Waals surface area contributed by atoms with Gasteiger partial charge in [0.2, 0.25) is 0 Å². The van der Waals surface area contributed by atoms with Gasteiger partial charge in [-0.2, -0.15) is 0 Å². The Hall–Kier alpha value is -0.0800. The Morgan fingerprint density at radius 2 is 1.56 bits per heavy atom. The average Bonchev–Trinajstić information content (AvgIpc) is 2.35. The van der Waals surface area contributed by atoms with Crippen LogP contribution in [-0.2, 0) is 0 Å². The van der Waals surface area contributed by atoms with Crippen LogP contribution in [-0.4, -0.2) is 23.8 Å². The first kappa shape index (κ1) is 16.0. The van der Waals surface area contributed by atoms with E-state index in [9.17, 15) is 5.11 Å². The number of unbranched alkanes of at least 4 members (excludes halogenated alkanes) is 7. The van der Waals surface area contributed by atoms with Crippen molar-refractivity contribution in [2.75, 3.05) is 6.54 Å². The molecule has 0 radical (unpaired) electrons. The second kappa shape index (κ2) is 8.16. The Labute approximate surface area is 114 Å². The van der Waals surface area contributed by atoms with Gasteiger partial charge in [-0.25, -0.2) is 0 Å². The highest BCUT2D eigenvalue weighted by atomic mass is 16.3. The normalized spacial score (nSPS) is 26.0. The average molecular weight is 255 g/mol. The molecular weight excluding hydrogens is 222 g/mol. The van der Waals surface area contributed by atoms with Crippen LogP contribution in [0.25, 0.3) is 0 Å². The lowest BCUT2D eigenvalue weighted by atomic mass is 9.64. The lowest BCUT2D eigenvalue weighted by Crippen LogP contribution is -2.60. The van der Waals surface area contributed by atoms with Crippen molar-refractivity contribution in [2.24, 2.45) is 5.41 Å². The van der Waals surface area contributed by atoms with Crippen LogP contribution in [0.5, 0.6) is 0 Å². The summed E-state index contributed by atoms with van der Waals surface area (Å²) in [5.74, 6) is 0. The van der Waals surface area contributed by atoms with Crippen molar-refractivity contribution < 1.29 is 5.11 Å². The van der Waals surface area contributed by atoms with Crippen molar-refractivity contribution >= 4 is 0 Å². The summed E-state index contributed by atoms with van der Waals surface area (Å²) < 4.78 is 0. The number of aliphatic hydroxyl groups excluding tert-OH is 1. The molecule has 2 nitrogen and oxygen atoms in total. The Kier molecular flexibility index (Phi) is 7.25. The number of hydrogen-bond acceptors (Lipinski definition) is 2. The molecule has 0 amide bonds. The number of aliphatic hydroxyl groups is 1. The monoisotopic (exact) mass is 255 g/mol. The number of nitrogens with one attached hydrogen (secondary N) is 1. The minimum Gasteiger partial charge on any atom is -0.392 e. The van der Waals surface area contributed by atoms with Gasteiger partial charge in [0.05, 0.1) is 6.10 Å². The lowest BCUT2D eigenvalue weighted by Gasteiger charge is -2.49. The summed E-state index contributed by atoms with van der Waals surface area (Å²) in [5, 5.41) is 13.2. The molecule has 1 aliphatic rings. The molecule has 108 valence electrons. The largest absolute Gasteiger partial charge is 0.392 e. The van der Waals surface area contributed by atoms with Gasteiger partial charge in [-0.3, -0.25) is 0 Å². The quantitative estimate of drug-likeness (QED) is 0.581. The van der Waals surface area contributed by atoms with Gasteiger partial charge >= 0.3 is 0 Å². The van der Waals surface area contributed by atoms with Crippen molar-refractivity contribution in [3.8, 4) is 0 Å². The third kappa shape index (κ3) is 4.89. The highest BCUT2D eigenvalue weighted by Crippen LogP contribution is 2.40. The summed E-state index contributed by atoms with van der Waals surface area (Å²) in [6.45, 7) is 7.71. The second-order valence-electron chi connectivity index (χ2n) is 6.55. The highest BCUT2D eigenvalue weighted by Gasteiger charge is 2.46. The summed E-state index contributed by atoms with van der Waals surface area (Å²) in [5.41, 5.74) is 0.0835. The minimum atomic E-state index is -0.103. The van der Waals surface area contributed by atoms with Crippen LogP contribution >= 0.6 is 0 Å². The molecule has 0 bridgehead atoms. The van der Waals surface area contributed by atoms with Crippen LogP contribution in [0.1, 0.15) is 78.6 Å². The maximum atomic E-state index is 9.65. The number of hydrogen-bond donors (Lipinski definition) is 2. The van der Waals surface area contributed by atoms with Gasteiger partial charge in [0.15, 0.2) is 0 Å². The summed E-state index contributed by atoms with van der Waals surface area (Å²) in [4.78, 5) is 0. The Balaban J connectivity index is 1.85. The molecule has 0 aromatic carbocycles. The highest BCUT2D eigenvalue weighted by molar-refractivity contribution is 5.01. The predicted octanol–water partition coefficient (Wildman–Crippen LogP) is 3.88.